The number of hydrogen-bond donors (Lipinski definition) is 0. The van der Waals surface area contributed by atoms with Crippen molar-refractivity contribution < 1.29 is 19.1 Å². The molecule has 1 atom stereocenters. The number of carbonyl (C=O) groups excluding carboxylic acids is 1. The molecule has 0 N–H and O–H groups in total. The van der Waals surface area contributed by atoms with Crippen molar-refractivity contribution in [2.45, 2.75) is 32.3 Å². The molecule has 1 aliphatic rings. The molecule has 0 aromatic carbocycles. The normalized spacial score (nSPS) is 19.9. The molecule has 1 unspecified atom stereocenters. The summed E-state index contributed by atoms with van der Waals surface area (Å²) in [7, 11) is 1.54. The van der Waals surface area contributed by atoms with E-state index in [2.05, 4.69) is 5.16 Å². The SMILES string of the molecule is CCCC(=O)OCC1CC(OC)=NO1. The lowest BCUT2D eigenvalue weighted by molar-refractivity contribution is -0.147. The third-order valence-electron chi connectivity index (χ3n) is 1.83. The summed E-state index contributed by atoms with van der Waals surface area (Å²) in [6.07, 6.45) is 1.62. The van der Waals surface area contributed by atoms with Crippen LogP contribution in [0.5, 0.6) is 0 Å². The number of oxime groups is 1. The van der Waals surface area contributed by atoms with Gasteiger partial charge in [-0.05, 0) is 6.42 Å². The maximum atomic E-state index is 11.0. The minimum absolute atomic E-state index is 0.189. The van der Waals surface area contributed by atoms with Gasteiger partial charge in [-0.1, -0.05) is 12.1 Å². The lowest BCUT2D eigenvalue weighted by Gasteiger charge is -2.08. The summed E-state index contributed by atoms with van der Waals surface area (Å²) < 4.78 is 9.85. The second-order valence-electron chi connectivity index (χ2n) is 3.05. The molecule has 5 nitrogen and oxygen atoms in total. The van der Waals surface area contributed by atoms with Gasteiger partial charge in [0.2, 0.25) is 5.90 Å². The molecule has 0 saturated carbocycles. The molecule has 0 aliphatic carbocycles. The van der Waals surface area contributed by atoms with Crippen molar-refractivity contribution in [1.29, 1.82) is 0 Å². The van der Waals surface area contributed by atoms with Gasteiger partial charge in [-0.2, -0.15) is 0 Å². The molecule has 0 spiro atoms. The summed E-state index contributed by atoms with van der Waals surface area (Å²) in [5.41, 5.74) is 0. The van der Waals surface area contributed by atoms with E-state index in [9.17, 15) is 4.79 Å². The van der Waals surface area contributed by atoms with Crippen LogP contribution in [0.4, 0.5) is 0 Å². The molecule has 0 aromatic heterocycles. The van der Waals surface area contributed by atoms with E-state index in [1.165, 1.54) is 7.11 Å². The largest absolute Gasteiger partial charge is 0.482 e. The van der Waals surface area contributed by atoms with Gasteiger partial charge in [-0.25, -0.2) is 0 Å². The van der Waals surface area contributed by atoms with E-state index in [0.29, 0.717) is 18.7 Å². The Labute approximate surface area is 83.0 Å². The predicted octanol–water partition coefficient (Wildman–Crippen LogP) is 1.08. The van der Waals surface area contributed by atoms with Crippen LogP contribution in [0.2, 0.25) is 0 Å². The quantitative estimate of drug-likeness (QED) is 0.638. The highest BCUT2D eigenvalue weighted by atomic mass is 16.7. The minimum atomic E-state index is -0.193. The van der Waals surface area contributed by atoms with Gasteiger partial charge in [0.15, 0.2) is 6.10 Å². The Morgan fingerprint density at radius 1 is 1.71 bits per heavy atom. The molecule has 0 bridgehead atoms. The Bertz CT molecular complexity index is 227. The Morgan fingerprint density at radius 3 is 3.07 bits per heavy atom. The Morgan fingerprint density at radius 2 is 2.50 bits per heavy atom. The molecule has 0 amide bonds. The highest BCUT2D eigenvalue weighted by Gasteiger charge is 2.22. The van der Waals surface area contributed by atoms with Gasteiger partial charge >= 0.3 is 5.97 Å². The Kier molecular flexibility index (Phi) is 4.22. The molecule has 0 radical (unpaired) electrons. The lowest BCUT2D eigenvalue weighted by Crippen LogP contribution is -2.19. The van der Waals surface area contributed by atoms with E-state index >= 15 is 0 Å². The van der Waals surface area contributed by atoms with Crippen LogP contribution < -0.4 is 0 Å². The van der Waals surface area contributed by atoms with Crippen LogP contribution in [0.3, 0.4) is 0 Å². The molecular formula is C9H15NO4. The van der Waals surface area contributed by atoms with Gasteiger partial charge in [0.1, 0.15) is 6.61 Å². The van der Waals surface area contributed by atoms with Crippen LogP contribution in [0, 0.1) is 0 Å². The van der Waals surface area contributed by atoms with Crippen LogP contribution in [0.15, 0.2) is 5.16 Å². The zero-order valence-corrected chi connectivity index (χ0v) is 8.49. The second kappa shape index (κ2) is 5.47. The topological polar surface area (TPSA) is 57.1 Å². The van der Waals surface area contributed by atoms with Gasteiger partial charge in [-0.15, -0.1) is 0 Å². The van der Waals surface area contributed by atoms with E-state index in [4.69, 9.17) is 14.3 Å². The summed E-state index contributed by atoms with van der Waals surface area (Å²) in [5, 5.41) is 3.66. The predicted molar refractivity (Wildman–Crippen MR) is 49.8 cm³/mol. The summed E-state index contributed by atoms with van der Waals surface area (Å²) in [6, 6.07) is 0. The number of carbonyl (C=O) groups is 1. The van der Waals surface area contributed by atoms with Gasteiger partial charge in [0.05, 0.1) is 13.5 Å². The second-order valence-corrected chi connectivity index (χ2v) is 3.05. The number of esters is 1. The van der Waals surface area contributed by atoms with Crippen molar-refractivity contribution in [3.8, 4) is 0 Å². The molecule has 80 valence electrons. The average Bonchev–Trinajstić information content (AvgIpc) is 2.63. The van der Waals surface area contributed by atoms with Crippen molar-refractivity contribution >= 4 is 11.9 Å². The fourth-order valence-corrected chi connectivity index (χ4v) is 1.07. The van der Waals surface area contributed by atoms with Crippen LogP contribution in [0.1, 0.15) is 26.2 Å². The smallest absolute Gasteiger partial charge is 0.305 e. The molecule has 0 aromatic rings. The number of nitrogens with zero attached hydrogens (tertiary/aromatic N) is 1. The lowest BCUT2D eigenvalue weighted by atomic mass is 10.3. The van der Waals surface area contributed by atoms with Crippen molar-refractivity contribution in [1.82, 2.24) is 0 Å². The number of rotatable bonds is 4. The zero-order valence-electron chi connectivity index (χ0n) is 8.49. The van der Waals surface area contributed by atoms with Crippen LogP contribution >= 0.6 is 0 Å². The number of ether oxygens (including phenoxy) is 2. The third-order valence-corrected chi connectivity index (χ3v) is 1.83. The van der Waals surface area contributed by atoms with Crippen molar-refractivity contribution in [3.05, 3.63) is 0 Å². The Balaban J connectivity index is 2.13. The van der Waals surface area contributed by atoms with Crippen molar-refractivity contribution in [3.63, 3.8) is 0 Å². The Hall–Kier alpha value is -1.26. The van der Waals surface area contributed by atoms with Crippen LogP contribution in [0.25, 0.3) is 0 Å². The maximum Gasteiger partial charge on any atom is 0.305 e. The first-order valence-electron chi connectivity index (χ1n) is 4.68. The highest BCUT2D eigenvalue weighted by molar-refractivity contribution is 5.77. The molecule has 1 heterocycles. The van der Waals surface area contributed by atoms with E-state index in [-0.39, 0.29) is 18.7 Å². The number of methoxy groups -OCH3 is 1. The molecular weight excluding hydrogens is 186 g/mol. The van der Waals surface area contributed by atoms with E-state index in [1.807, 2.05) is 6.92 Å². The van der Waals surface area contributed by atoms with Crippen molar-refractivity contribution in [2.75, 3.05) is 13.7 Å². The molecule has 0 saturated heterocycles. The first-order valence-corrected chi connectivity index (χ1v) is 4.68. The summed E-state index contributed by atoms with van der Waals surface area (Å²) >= 11 is 0. The van der Waals surface area contributed by atoms with Crippen molar-refractivity contribution in [2.24, 2.45) is 5.16 Å². The molecule has 0 fully saturated rings. The third kappa shape index (κ3) is 3.24. The van der Waals surface area contributed by atoms with Gasteiger partial charge in [-0.3, -0.25) is 4.79 Å². The first-order chi connectivity index (χ1) is 6.76. The first kappa shape index (κ1) is 10.8. The van der Waals surface area contributed by atoms with Crippen LogP contribution in [-0.4, -0.2) is 31.7 Å². The molecule has 5 heteroatoms. The van der Waals surface area contributed by atoms with E-state index in [0.717, 1.165) is 6.42 Å². The highest BCUT2D eigenvalue weighted by Crippen LogP contribution is 2.11. The number of hydrogen-bond acceptors (Lipinski definition) is 5. The summed E-state index contributed by atoms with van der Waals surface area (Å²) in [5.74, 6) is 0.350. The summed E-state index contributed by atoms with van der Waals surface area (Å²) in [6.45, 7) is 2.18. The zero-order chi connectivity index (χ0) is 10.4. The van der Waals surface area contributed by atoms with E-state index in [1.54, 1.807) is 0 Å². The molecule has 14 heavy (non-hydrogen) atoms. The fraction of sp³-hybridized carbons (Fsp3) is 0.778. The molecule has 1 rings (SSSR count). The van der Waals surface area contributed by atoms with Gasteiger partial charge in [0.25, 0.3) is 0 Å². The van der Waals surface area contributed by atoms with Crippen LogP contribution in [-0.2, 0) is 19.1 Å². The standard InChI is InChI=1S/C9H15NO4/c1-3-4-9(11)13-6-7-5-8(12-2)10-14-7/h7H,3-6H2,1-2H3. The summed E-state index contributed by atoms with van der Waals surface area (Å²) in [4.78, 5) is 16.0. The minimum Gasteiger partial charge on any atom is -0.482 e. The van der Waals surface area contributed by atoms with Gasteiger partial charge < -0.3 is 14.3 Å². The maximum absolute atomic E-state index is 11.0. The molecule has 1 aliphatic heterocycles. The van der Waals surface area contributed by atoms with E-state index < -0.39 is 0 Å². The monoisotopic (exact) mass is 201 g/mol. The fourth-order valence-electron chi connectivity index (χ4n) is 1.07. The van der Waals surface area contributed by atoms with Gasteiger partial charge in [0, 0.05) is 6.42 Å². The average molecular weight is 201 g/mol.